The highest BCUT2D eigenvalue weighted by Gasteiger charge is 2.50. The van der Waals surface area contributed by atoms with Crippen molar-refractivity contribution in [2.45, 2.75) is 97.2 Å². The molecule has 2 fully saturated rings. The Balaban J connectivity index is 1.70. The zero-order valence-electron chi connectivity index (χ0n) is 19.5. The van der Waals surface area contributed by atoms with Gasteiger partial charge in [-0.05, 0) is 87.2 Å². The standard InChI is InChI=1S/C27H42O3/c1-18(8-6-14-26(3,4)30)22-12-13-23-21(9-7-15-27(22,23)5)11-10-20-16-24(28)19(2)25(29)17-20/h10-11,16,18,22-23,25,28-30H,2,6-9,12-15,17H2,1,3-5H3/b20-10+,21-11+/t18-,22+,23-,25+,27+/m0/s1. The Kier molecular flexibility index (Phi) is 7.04. The van der Waals surface area contributed by atoms with E-state index in [0.717, 1.165) is 30.8 Å². The van der Waals surface area contributed by atoms with E-state index in [1.54, 1.807) is 11.6 Å². The molecule has 0 aromatic rings. The average Bonchev–Trinajstić information content (AvgIpc) is 3.00. The minimum Gasteiger partial charge on any atom is -0.508 e. The molecule has 0 heterocycles. The van der Waals surface area contributed by atoms with E-state index in [0.29, 0.717) is 29.2 Å². The van der Waals surface area contributed by atoms with Gasteiger partial charge in [0, 0.05) is 12.0 Å². The number of hydrogen-bond donors (Lipinski definition) is 3. The zero-order chi connectivity index (χ0) is 22.1. The van der Waals surface area contributed by atoms with Crippen molar-refractivity contribution in [3.63, 3.8) is 0 Å². The van der Waals surface area contributed by atoms with Crippen LogP contribution in [0.4, 0.5) is 0 Å². The summed E-state index contributed by atoms with van der Waals surface area (Å²) in [6, 6.07) is 0. The second-order valence-electron chi connectivity index (χ2n) is 11.0. The maximum Gasteiger partial charge on any atom is 0.121 e. The summed E-state index contributed by atoms with van der Waals surface area (Å²) in [6.45, 7) is 12.5. The lowest BCUT2D eigenvalue weighted by molar-refractivity contribution is 0.0596. The van der Waals surface area contributed by atoms with Crippen molar-refractivity contribution in [3.8, 4) is 0 Å². The lowest BCUT2D eigenvalue weighted by Crippen LogP contribution is -2.36. The van der Waals surface area contributed by atoms with E-state index in [-0.39, 0.29) is 5.76 Å². The van der Waals surface area contributed by atoms with Crippen molar-refractivity contribution in [1.82, 2.24) is 0 Å². The van der Waals surface area contributed by atoms with Gasteiger partial charge in [-0.2, -0.15) is 0 Å². The van der Waals surface area contributed by atoms with Crippen LogP contribution in [0.5, 0.6) is 0 Å². The predicted octanol–water partition coefficient (Wildman–Crippen LogP) is 6.40. The van der Waals surface area contributed by atoms with E-state index < -0.39 is 11.7 Å². The molecule has 3 heteroatoms. The van der Waals surface area contributed by atoms with Crippen molar-refractivity contribution in [1.29, 1.82) is 0 Å². The Morgan fingerprint density at radius 2 is 2.03 bits per heavy atom. The van der Waals surface area contributed by atoms with Crippen LogP contribution in [-0.2, 0) is 0 Å². The van der Waals surface area contributed by atoms with Crippen molar-refractivity contribution in [2.24, 2.45) is 23.2 Å². The van der Waals surface area contributed by atoms with Gasteiger partial charge in [0.25, 0.3) is 0 Å². The van der Waals surface area contributed by atoms with E-state index in [1.807, 2.05) is 13.8 Å². The van der Waals surface area contributed by atoms with E-state index >= 15 is 0 Å². The molecule has 0 aromatic heterocycles. The third kappa shape index (κ3) is 5.11. The molecule has 30 heavy (non-hydrogen) atoms. The van der Waals surface area contributed by atoms with Crippen LogP contribution in [0, 0.1) is 23.2 Å². The Labute approximate surface area is 183 Å². The van der Waals surface area contributed by atoms with Crippen LogP contribution in [0.2, 0.25) is 0 Å². The largest absolute Gasteiger partial charge is 0.508 e. The molecule has 0 aromatic carbocycles. The first-order valence-electron chi connectivity index (χ1n) is 11.9. The summed E-state index contributed by atoms with van der Waals surface area (Å²) >= 11 is 0. The molecule has 3 N–H and O–H groups in total. The molecule has 0 spiro atoms. The third-order valence-electron chi connectivity index (χ3n) is 8.17. The quantitative estimate of drug-likeness (QED) is 0.471. The van der Waals surface area contributed by atoms with Crippen molar-refractivity contribution in [3.05, 3.63) is 47.3 Å². The van der Waals surface area contributed by atoms with Crippen LogP contribution >= 0.6 is 0 Å². The van der Waals surface area contributed by atoms with Crippen LogP contribution in [0.25, 0.3) is 0 Å². The minimum absolute atomic E-state index is 0.104. The molecule has 0 aliphatic heterocycles. The summed E-state index contributed by atoms with van der Waals surface area (Å²) < 4.78 is 0. The van der Waals surface area contributed by atoms with Crippen LogP contribution in [0.3, 0.4) is 0 Å². The second kappa shape index (κ2) is 9.04. The van der Waals surface area contributed by atoms with Gasteiger partial charge in [0.1, 0.15) is 5.76 Å². The molecular weight excluding hydrogens is 372 g/mol. The van der Waals surface area contributed by atoms with E-state index in [9.17, 15) is 15.3 Å². The molecule has 3 nitrogen and oxygen atoms in total. The van der Waals surface area contributed by atoms with E-state index in [4.69, 9.17) is 0 Å². The summed E-state index contributed by atoms with van der Waals surface area (Å²) in [6.07, 6.45) is 15.4. The normalized spacial score (nSPS) is 36.1. The smallest absolute Gasteiger partial charge is 0.121 e. The van der Waals surface area contributed by atoms with Crippen LogP contribution < -0.4 is 0 Å². The summed E-state index contributed by atoms with van der Waals surface area (Å²) in [5, 5.41) is 30.1. The molecule has 0 amide bonds. The number of rotatable bonds is 6. The van der Waals surface area contributed by atoms with Gasteiger partial charge in [-0.25, -0.2) is 0 Å². The number of allylic oxidation sites excluding steroid dienone is 4. The zero-order valence-corrected chi connectivity index (χ0v) is 19.5. The highest BCUT2D eigenvalue weighted by Crippen LogP contribution is 2.59. The maximum atomic E-state index is 10.1. The van der Waals surface area contributed by atoms with Crippen LogP contribution in [0.15, 0.2) is 47.3 Å². The Morgan fingerprint density at radius 3 is 2.70 bits per heavy atom. The lowest BCUT2D eigenvalue weighted by atomic mass is 9.60. The fraction of sp³-hybridized carbons (Fsp3) is 0.704. The second-order valence-corrected chi connectivity index (χ2v) is 11.0. The fourth-order valence-electron chi connectivity index (χ4n) is 6.45. The SMILES string of the molecule is C=C1C(O)=C/C(=C\C=C2/CCC[C@]3(C)[C@@H]([C@@H](C)CCCC(C)(C)O)CC[C@@H]23)C[C@H]1O. The molecule has 0 bridgehead atoms. The molecule has 2 saturated carbocycles. The first-order valence-corrected chi connectivity index (χ1v) is 11.9. The van der Waals surface area contributed by atoms with Crippen molar-refractivity contribution >= 4 is 0 Å². The topological polar surface area (TPSA) is 60.7 Å². The lowest BCUT2D eigenvalue weighted by Gasteiger charge is -2.44. The van der Waals surface area contributed by atoms with Crippen LogP contribution in [-0.4, -0.2) is 27.0 Å². The first kappa shape index (κ1) is 23.3. The Bertz CT molecular complexity index is 736. The van der Waals surface area contributed by atoms with Gasteiger partial charge in [0.15, 0.2) is 0 Å². The van der Waals surface area contributed by atoms with Gasteiger partial charge in [-0.1, -0.05) is 51.0 Å². The Hall–Kier alpha value is -1.32. The number of hydrogen-bond acceptors (Lipinski definition) is 3. The number of aliphatic hydroxyl groups excluding tert-OH is 2. The average molecular weight is 415 g/mol. The van der Waals surface area contributed by atoms with Crippen molar-refractivity contribution in [2.75, 3.05) is 0 Å². The molecule has 168 valence electrons. The Morgan fingerprint density at radius 1 is 1.30 bits per heavy atom. The molecular formula is C27H42O3. The first-order chi connectivity index (χ1) is 14.0. The summed E-state index contributed by atoms with van der Waals surface area (Å²) in [7, 11) is 0. The van der Waals surface area contributed by atoms with Gasteiger partial charge in [0.2, 0.25) is 0 Å². The molecule has 0 unspecified atom stereocenters. The van der Waals surface area contributed by atoms with E-state index in [1.165, 1.54) is 32.1 Å². The molecule has 3 aliphatic carbocycles. The fourth-order valence-corrected chi connectivity index (χ4v) is 6.45. The third-order valence-corrected chi connectivity index (χ3v) is 8.17. The van der Waals surface area contributed by atoms with Crippen LogP contribution in [0.1, 0.15) is 85.5 Å². The highest BCUT2D eigenvalue weighted by molar-refractivity contribution is 5.41. The monoisotopic (exact) mass is 414 g/mol. The van der Waals surface area contributed by atoms with Crippen molar-refractivity contribution < 1.29 is 15.3 Å². The molecule has 3 rings (SSSR count). The summed E-state index contributed by atoms with van der Waals surface area (Å²) in [5.74, 6) is 2.20. The van der Waals surface area contributed by atoms with Gasteiger partial charge >= 0.3 is 0 Å². The highest BCUT2D eigenvalue weighted by atomic mass is 16.3. The van der Waals surface area contributed by atoms with Gasteiger partial charge in [-0.15, -0.1) is 0 Å². The number of fused-ring (bicyclic) bond motifs is 1. The van der Waals surface area contributed by atoms with Gasteiger partial charge in [-0.3, -0.25) is 0 Å². The predicted molar refractivity (Wildman–Crippen MR) is 124 cm³/mol. The minimum atomic E-state index is -0.683. The molecule has 3 aliphatic rings. The van der Waals surface area contributed by atoms with Gasteiger partial charge in [0.05, 0.1) is 11.7 Å². The maximum absolute atomic E-state index is 10.1. The number of aliphatic hydroxyl groups is 3. The summed E-state index contributed by atoms with van der Waals surface area (Å²) in [5.41, 5.74) is 2.76. The molecule has 5 atom stereocenters. The van der Waals surface area contributed by atoms with Gasteiger partial charge < -0.3 is 15.3 Å². The molecule has 0 saturated heterocycles. The summed E-state index contributed by atoms with van der Waals surface area (Å²) in [4.78, 5) is 0. The molecule has 0 radical (unpaired) electrons. The van der Waals surface area contributed by atoms with E-state index in [2.05, 4.69) is 32.6 Å².